The predicted molar refractivity (Wildman–Crippen MR) is 46.7 cm³/mol. The Labute approximate surface area is 79.7 Å². The summed E-state index contributed by atoms with van der Waals surface area (Å²) in [6, 6.07) is 0. The number of rotatable bonds is 5. The summed E-state index contributed by atoms with van der Waals surface area (Å²) in [4.78, 5) is 0. The molecule has 0 aromatic rings. The standard InChI is InChI=1S/C5H13NO3S.Li.H/c1-6-4-2-3-5-10(7,8)9;;/h6H,2-5H2,1H3,(H,7,8,9);;. The van der Waals surface area contributed by atoms with Crippen LogP contribution in [0.15, 0.2) is 0 Å². The predicted octanol–water partition coefficient (Wildman–Crippen LogP) is -0.775. The molecule has 64 valence electrons. The third-order valence-corrected chi connectivity index (χ3v) is 1.88. The molecule has 0 saturated carbocycles. The van der Waals surface area contributed by atoms with Gasteiger partial charge in [-0.3, -0.25) is 4.55 Å². The Balaban J connectivity index is 0. The van der Waals surface area contributed by atoms with E-state index in [0.29, 0.717) is 6.42 Å². The van der Waals surface area contributed by atoms with E-state index in [-0.39, 0.29) is 24.6 Å². The summed E-state index contributed by atoms with van der Waals surface area (Å²) in [7, 11) is -1.93. The van der Waals surface area contributed by atoms with Gasteiger partial charge < -0.3 is 5.32 Å². The van der Waals surface area contributed by atoms with Crippen molar-refractivity contribution < 1.29 is 13.0 Å². The summed E-state index contributed by atoms with van der Waals surface area (Å²) in [5, 5.41) is 2.88. The van der Waals surface area contributed by atoms with Crippen molar-refractivity contribution in [3.05, 3.63) is 0 Å². The molecule has 0 rings (SSSR count). The quantitative estimate of drug-likeness (QED) is 0.327. The van der Waals surface area contributed by atoms with Gasteiger partial charge in [0, 0.05) is 0 Å². The van der Waals surface area contributed by atoms with Gasteiger partial charge in [0.25, 0.3) is 10.1 Å². The molecule has 0 aliphatic heterocycles. The molecule has 0 unspecified atom stereocenters. The third-order valence-electron chi connectivity index (χ3n) is 1.08. The van der Waals surface area contributed by atoms with Crippen LogP contribution < -0.4 is 5.32 Å². The van der Waals surface area contributed by atoms with Crippen molar-refractivity contribution >= 4 is 29.0 Å². The zero-order valence-electron chi connectivity index (χ0n) is 6.00. The minimum atomic E-state index is -3.73. The molecule has 11 heavy (non-hydrogen) atoms. The first kappa shape index (κ1) is 14.0. The third kappa shape index (κ3) is 13.5. The summed E-state index contributed by atoms with van der Waals surface area (Å²) in [5.74, 6) is -0.130. The molecule has 0 atom stereocenters. The molecule has 0 fully saturated rings. The van der Waals surface area contributed by atoms with Crippen LogP contribution >= 0.6 is 0 Å². The van der Waals surface area contributed by atoms with E-state index in [1.165, 1.54) is 0 Å². The maximum absolute atomic E-state index is 10.1. The molecule has 0 aromatic carbocycles. The molecule has 0 bridgehead atoms. The van der Waals surface area contributed by atoms with Crippen LogP contribution in [0.25, 0.3) is 0 Å². The maximum atomic E-state index is 10.1. The average Bonchev–Trinajstić information content (AvgIpc) is 1.78. The second kappa shape index (κ2) is 7.13. The molecule has 0 saturated heterocycles. The van der Waals surface area contributed by atoms with Crippen LogP contribution in [0, 0.1) is 0 Å². The van der Waals surface area contributed by atoms with E-state index >= 15 is 0 Å². The number of nitrogens with one attached hydrogen (secondary N) is 1. The fourth-order valence-corrected chi connectivity index (χ4v) is 1.16. The average molecular weight is 175 g/mol. The summed E-state index contributed by atoms with van der Waals surface area (Å²) in [5.41, 5.74) is 0. The monoisotopic (exact) mass is 175 g/mol. The molecule has 0 aromatic heterocycles. The van der Waals surface area contributed by atoms with E-state index < -0.39 is 10.1 Å². The van der Waals surface area contributed by atoms with Crippen LogP contribution in [0.1, 0.15) is 12.8 Å². The van der Waals surface area contributed by atoms with Crippen molar-refractivity contribution in [2.75, 3.05) is 19.3 Å². The Morgan fingerprint density at radius 2 is 1.91 bits per heavy atom. The van der Waals surface area contributed by atoms with Gasteiger partial charge in [0.2, 0.25) is 0 Å². The molecule has 0 amide bonds. The molecule has 4 nitrogen and oxygen atoms in total. The van der Waals surface area contributed by atoms with Crippen molar-refractivity contribution in [1.82, 2.24) is 5.32 Å². The van der Waals surface area contributed by atoms with E-state index in [2.05, 4.69) is 5.32 Å². The second-order valence-electron chi connectivity index (χ2n) is 2.10. The first-order chi connectivity index (χ1) is 4.56. The Hall–Kier alpha value is 0.467. The molecule has 0 aliphatic carbocycles. The molecule has 0 radical (unpaired) electrons. The summed E-state index contributed by atoms with van der Waals surface area (Å²) in [6.07, 6.45) is 1.29. The van der Waals surface area contributed by atoms with Crippen molar-refractivity contribution in [2.45, 2.75) is 12.8 Å². The molecule has 6 heteroatoms. The van der Waals surface area contributed by atoms with Gasteiger partial charge in [0.1, 0.15) is 0 Å². The first-order valence-electron chi connectivity index (χ1n) is 3.16. The van der Waals surface area contributed by atoms with E-state index in [9.17, 15) is 8.42 Å². The molecule has 0 spiro atoms. The first-order valence-corrected chi connectivity index (χ1v) is 4.77. The fourth-order valence-electron chi connectivity index (χ4n) is 0.586. The van der Waals surface area contributed by atoms with E-state index in [1.807, 2.05) is 0 Å². The number of unbranched alkanes of at least 4 members (excludes halogenated alkanes) is 1. The second-order valence-corrected chi connectivity index (χ2v) is 3.67. The zero-order chi connectivity index (χ0) is 8.04. The molecular formula is C5H14LiNO3S. The Kier molecular flexibility index (Phi) is 9.09. The molecule has 0 heterocycles. The van der Waals surface area contributed by atoms with Gasteiger partial charge in [-0.2, -0.15) is 8.42 Å². The van der Waals surface area contributed by atoms with Crippen LogP contribution in [-0.4, -0.2) is 51.2 Å². The minimum absolute atomic E-state index is 0. The molecular weight excluding hydrogens is 161 g/mol. The van der Waals surface area contributed by atoms with Crippen molar-refractivity contribution in [3.63, 3.8) is 0 Å². The van der Waals surface area contributed by atoms with E-state index in [4.69, 9.17) is 4.55 Å². The van der Waals surface area contributed by atoms with Gasteiger partial charge in [-0.15, -0.1) is 0 Å². The van der Waals surface area contributed by atoms with E-state index in [0.717, 1.165) is 13.0 Å². The normalized spacial score (nSPS) is 10.7. The Bertz CT molecular complexity index is 169. The fraction of sp³-hybridized carbons (Fsp3) is 1.00. The van der Waals surface area contributed by atoms with Crippen molar-refractivity contribution in [3.8, 4) is 0 Å². The number of hydrogen-bond acceptors (Lipinski definition) is 3. The number of hydrogen-bond donors (Lipinski definition) is 2. The van der Waals surface area contributed by atoms with Crippen molar-refractivity contribution in [2.24, 2.45) is 0 Å². The van der Waals surface area contributed by atoms with Crippen LogP contribution in [-0.2, 0) is 10.1 Å². The van der Waals surface area contributed by atoms with Gasteiger partial charge in [-0.05, 0) is 26.4 Å². The molecule has 2 N–H and O–H groups in total. The van der Waals surface area contributed by atoms with Crippen LogP contribution in [0.4, 0.5) is 0 Å². The van der Waals surface area contributed by atoms with Crippen LogP contribution in [0.2, 0.25) is 0 Å². The topological polar surface area (TPSA) is 66.4 Å². The SMILES string of the molecule is CNCCCCS(=O)(=O)O.[LiH]. The molecule has 0 aliphatic rings. The van der Waals surface area contributed by atoms with Crippen LogP contribution in [0.5, 0.6) is 0 Å². The van der Waals surface area contributed by atoms with Gasteiger partial charge in [0.05, 0.1) is 5.75 Å². The summed E-state index contributed by atoms with van der Waals surface area (Å²) >= 11 is 0. The Morgan fingerprint density at radius 3 is 2.27 bits per heavy atom. The summed E-state index contributed by atoms with van der Waals surface area (Å²) < 4.78 is 28.5. The van der Waals surface area contributed by atoms with Gasteiger partial charge in [0.15, 0.2) is 0 Å². The van der Waals surface area contributed by atoms with Crippen LogP contribution in [0.3, 0.4) is 0 Å². The summed E-state index contributed by atoms with van der Waals surface area (Å²) in [6.45, 7) is 0.787. The Morgan fingerprint density at radius 1 is 1.36 bits per heavy atom. The van der Waals surface area contributed by atoms with Gasteiger partial charge >= 0.3 is 18.9 Å². The van der Waals surface area contributed by atoms with Gasteiger partial charge in [-0.25, -0.2) is 0 Å². The van der Waals surface area contributed by atoms with E-state index in [1.54, 1.807) is 7.05 Å². The zero-order valence-corrected chi connectivity index (χ0v) is 6.82. The van der Waals surface area contributed by atoms with Gasteiger partial charge in [-0.1, -0.05) is 0 Å². The van der Waals surface area contributed by atoms with Crippen molar-refractivity contribution in [1.29, 1.82) is 0 Å².